The summed E-state index contributed by atoms with van der Waals surface area (Å²) < 4.78 is 24.1. The van der Waals surface area contributed by atoms with E-state index in [2.05, 4.69) is 6.92 Å². The standard InChI is InChI=1S/C16H27NO2S/c1-3-7-15(17)10-5-8-14-9-6-11-16(13-14)20(18,19)12-4-2/h6,9,11,13,15H,3-5,7-8,10,12,17H2,1-2H3. The molecule has 0 aliphatic rings. The Bertz CT molecular complexity index is 497. The zero-order valence-electron chi connectivity index (χ0n) is 12.6. The van der Waals surface area contributed by atoms with Crippen LogP contribution in [0.25, 0.3) is 0 Å². The molecule has 1 aromatic carbocycles. The number of benzene rings is 1. The monoisotopic (exact) mass is 297 g/mol. The molecular formula is C16H27NO2S. The summed E-state index contributed by atoms with van der Waals surface area (Å²) in [6, 6.07) is 7.61. The van der Waals surface area contributed by atoms with Crippen LogP contribution in [0.15, 0.2) is 29.2 Å². The van der Waals surface area contributed by atoms with Crippen molar-refractivity contribution in [1.29, 1.82) is 0 Å². The van der Waals surface area contributed by atoms with Gasteiger partial charge in [-0.3, -0.25) is 0 Å². The van der Waals surface area contributed by atoms with Crippen molar-refractivity contribution in [3.05, 3.63) is 29.8 Å². The van der Waals surface area contributed by atoms with E-state index < -0.39 is 9.84 Å². The Morgan fingerprint density at radius 2 is 1.90 bits per heavy atom. The molecule has 2 N–H and O–H groups in total. The largest absolute Gasteiger partial charge is 0.328 e. The minimum Gasteiger partial charge on any atom is -0.328 e. The Morgan fingerprint density at radius 1 is 1.15 bits per heavy atom. The van der Waals surface area contributed by atoms with Crippen molar-refractivity contribution in [3.8, 4) is 0 Å². The Balaban J connectivity index is 2.61. The first-order valence-corrected chi connectivity index (χ1v) is 9.22. The summed E-state index contributed by atoms with van der Waals surface area (Å²) in [5.41, 5.74) is 7.08. The predicted octanol–water partition coefficient (Wildman–Crippen LogP) is 3.32. The number of rotatable bonds is 9. The highest BCUT2D eigenvalue weighted by Crippen LogP contribution is 2.16. The molecule has 0 aliphatic carbocycles. The Kier molecular flexibility index (Phi) is 7.24. The van der Waals surface area contributed by atoms with Gasteiger partial charge in [0.1, 0.15) is 0 Å². The third-order valence-corrected chi connectivity index (χ3v) is 5.35. The molecule has 0 fully saturated rings. The van der Waals surface area contributed by atoms with E-state index in [0.29, 0.717) is 11.3 Å². The highest BCUT2D eigenvalue weighted by Gasteiger charge is 2.13. The average Bonchev–Trinajstić information content (AvgIpc) is 2.39. The average molecular weight is 297 g/mol. The van der Waals surface area contributed by atoms with Crippen LogP contribution in [-0.4, -0.2) is 20.2 Å². The third kappa shape index (κ3) is 5.63. The van der Waals surface area contributed by atoms with E-state index >= 15 is 0 Å². The molecule has 0 aromatic heterocycles. The molecule has 114 valence electrons. The van der Waals surface area contributed by atoms with E-state index in [9.17, 15) is 8.42 Å². The van der Waals surface area contributed by atoms with Crippen molar-refractivity contribution in [2.24, 2.45) is 5.73 Å². The molecule has 0 heterocycles. The fourth-order valence-corrected chi connectivity index (χ4v) is 3.75. The van der Waals surface area contributed by atoms with Gasteiger partial charge >= 0.3 is 0 Å². The van der Waals surface area contributed by atoms with E-state index in [0.717, 1.165) is 37.7 Å². The zero-order chi connectivity index (χ0) is 15.0. The Hall–Kier alpha value is -0.870. The van der Waals surface area contributed by atoms with Gasteiger partial charge in [0.15, 0.2) is 9.84 Å². The summed E-state index contributed by atoms with van der Waals surface area (Å²) in [5, 5.41) is 0. The van der Waals surface area contributed by atoms with Crippen molar-refractivity contribution in [1.82, 2.24) is 0 Å². The number of aryl methyl sites for hydroxylation is 1. The van der Waals surface area contributed by atoms with Crippen LogP contribution in [0.2, 0.25) is 0 Å². The SMILES string of the molecule is CCCC(N)CCCc1cccc(S(=O)(=O)CCC)c1. The van der Waals surface area contributed by atoms with E-state index in [4.69, 9.17) is 5.73 Å². The van der Waals surface area contributed by atoms with Crippen LogP contribution in [0.5, 0.6) is 0 Å². The van der Waals surface area contributed by atoms with Gasteiger partial charge in [0.05, 0.1) is 10.6 Å². The lowest BCUT2D eigenvalue weighted by atomic mass is 10.0. The van der Waals surface area contributed by atoms with Gasteiger partial charge in [0, 0.05) is 6.04 Å². The van der Waals surface area contributed by atoms with Crippen LogP contribution >= 0.6 is 0 Å². The molecule has 1 atom stereocenters. The number of hydrogen-bond donors (Lipinski definition) is 1. The molecule has 0 amide bonds. The summed E-state index contributed by atoms with van der Waals surface area (Å²) >= 11 is 0. The summed E-state index contributed by atoms with van der Waals surface area (Å²) in [7, 11) is -3.11. The molecule has 0 spiro atoms. The molecule has 0 aliphatic heterocycles. The van der Waals surface area contributed by atoms with E-state index in [1.807, 2.05) is 25.1 Å². The van der Waals surface area contributed by atoms with Crippen LogP contribution in [0.4, 0.5) is 0 Å². The van der Waals surface area contributed by atoms with Gasteiger partial charge in [-0.2, -0.15) is 0 Å². The second-order valence-electron chi connectivity index (χ2n) is 5.41. The van der Waals surface area contributed by atoms with E-state index in [1.54, 1.807) is 6.07 Å². The summed E-state index contributed by atoms with van der Waals surface area (Å²) in [4.78, 5) is 0.453. The molecule has 0 radical (unpaired) electrons. The van der Waals surface area contributed by atoms with E-state index in [1.165, 1.54) is 0 Å². The molecule has 0 bridgehead atoms. The van der Waals surface area contributed by atoms with Gasteiger partial charge < -0.3 is 5.73 Å². The van der Waals surface area contributed by atoms with Crippen LogP contribution < -0.4 is 5.73 Å². The topological polar surface area (TPSA) is 60.2 Å². The van der Waals surface area contributed by atoms with Gasteiger partial charge in [-0.15, -0.1) is 0 Å². The third-order valence-electron chi connectivity index (χ3n) is 3.43. The summed E-state index contributed by atoms with van der Waals surface area (Å²) in [6.07, 6.45) is 5.74. The molecule has 0 saturated heterocycles. The lowest BCUT2D eigenvalue weighted by molar-refractivity contribution is 0.539. The number of sulfone groups is 1. The predicted molar refractivity (Wildman–Crippen MR) is 84.6 cm³/mol. The van der Waals surface area contributed by atoms with Crippen molar-refractivity contribution in [2.75, 3.05) is 5.75 Å². The van der Waals surface area contributed by atoms with Crippen molar-refractivity contribution >= 4 is 9.84 Å². The minimum absolute atomic E-state index is 0.220. The quantitative estimate of drug-likeness (QED) is 0.760. The maximum Gasteiger partial charge on any atom is 0.178 e. The highest BCUT2D eigenvalue weighted by atomic mass is 32.2. The van der Waals surface area contributed by atoms with Crippen LogP contribution in [0, 0.1) is 0 Å². The van der Waals surface area contributed by atoms with Crippen molar-refractivity contribution in [2.45, 2.75) is 63.3 Å². The summed E-state index contributed by atoms with van der Waals surface area (Å²) in [5.74, 6) is 0.220. The van der Waals surface area contributed by atoms with Gasteiger partial charge in [-0.25, -0.2) is 8.42 Å². The molecule has 4 heteroatoms. The molecule has 20 heavy (non-hydrogen) atoms. The highest BCUT2D eigenvalue weighted by molar-refractivity contribution is 7.91. The number of hydrogen-bond acceptors (Lipinski definition) is 3. The smallest absolute Gasteiger partial charge is 0.178 e. The maximum atomic E-state index is 12.0. The van der Waals surface area contributed by atoms with Crippen molar-refractivity contribution < 1.29 is 8.42 Å². The normalized spacial score (nSPS) is 13.3. The molecule has 3 nitrogen and oxygen atoms in total. The minimum atomic E-state index is -3.11. The Labute approximate surface area is 123 Å². The first-order chi connectivity index (χ1) is 9.49. The first-order valence-electron chi connectivity index (χ1n) is 7.57. The van der Waals surface area contributed by atoms with Crippen LogP contribution in [0.3, 0.4) is 0 Å². The Morgan fingerprint density at radius 3 is 2.55 bits per heavy atom. The summed E-state index contributed by atoms with van der Waals surface area (Å²) in [6.45, 7) is 4.03. The zero-order valence-corrected chi connectivity index (χ0v) is 13.5. The van der Waals surface area contributed by atoms with Gasteiger partial charge in [-0.05, 0) is 49.8 Å². The molecule has 0 saturated carbocycles. The second-order valence-corrected chi connectivity index (χ2v) is 7.52. The van der Waals surface area contributed by atoms with Crippen LogP contribution in [0.1, 0.15) is 51.5 Å². The van der Waals surface area contributed by atoms with E-state index in [-0.39, 0.29) is 11.8 Å². The fraction of sp³-hybridized carbons (Fsp3) is 0.625. The van der Waals surface area contributed by atoms with Crippen LogP contribution in [-0.2, 0) is 16.3 Å². The fourth-order valence-electron chi connectivity index (χ4n) is 2.36. The molecular weight excluding hydrogens is 270 g/mol. The first kappa shape index (κ1) is 17.2. The lowest BCUT2D eigenvalue weighted by Gasteiger charge is -2.10. The van der Waals surface area contributed by atoms with Gasteiger partial charge in [-0.1, -0.05) is 32.4 Å². The number of nitrogens with two attached hydrogens (primary N) is 1. The lowest BCUT2D eigenvalue weighted by Crippen LogP contribution is -2.19. The molecule has 1 rings (SSSR count). The van der Waals surface area contributed by atoms with Gasteiger partial charge in [0.2, 0.25) is 0 Å². The van der Waals surface area contributed by atoms with Crippen molar-refractivity contribution in [3.63, 3.8) is 0 Å². The van der Waals surface area contributed by atoms with Gasteiger partial charge in [0.25, 0.3) is 0 Å². The molecule has 1 aromatic rings. The molecule has 1 unspecified atom stereocenters. The maximum absolute atomic E-state index is 12.0. The second kappa shape index (κ2) is 8.42.